The summed E-state index contributed by atoms with van der Waals surface area (Å²) in [5.74, 6) is 0.648. The molecule has 0 saturated heterocycles. The molecule has 0 spiro atoms. The van der Waals surface area contributed by atoms with E-state index in [1.54, 1.807) is 18.2 Å². The van der Waals surface area contributed by atoms with Crippen molar-refractivity contribution < 1.29 is 0 Å². The summed E-state index contributed by atoms with van der Waals surface area (Å²) < 4.78 is 0. The van der Waals surface area contributed by atoms with Crippen LogP contribution in [0.5, 0.6) is 0 Å². The van der Waals surface area contributed by atoms with Crippen LogP contribution in [0.3, 0.4) is 0 Å². The third-order valence-corrected chi connectivity index (χ3v) is 0.895. The molecule has 0 atom stereocenters. The Bertz CT molecular complexity index is 228. The summed E-state index contributed by atoms with van der Waals surface area (Å²) in [6.45, 7) is 3.52. The third kappa shape index (κ3) is 1.78. The van der Waals surface area contributed by atoms with Crippen LogP contribution in [0.2, 0.25) is 0 Å². The Labute approximate surface area is 59.2 Å². The van der Waals surface area contributed by atoms with Crippen molar-refractivity contribution in [2.24, 2.45) is 0 Å². The molecule has 50 valence electrons. The Hall–Kier alpha value is -1.51. The highest BCUT2D eigenvalue weighted by atomic mass is 15.0. The number of nitrogens with zero attached hydrogens (tertiary/aromatic N) is 3. The van der Waals surface area contributed by atoms with Gasteiger partial charge in [-0.2, -0.15) is 0 Å². The first-order valence-electron chi connectivity index (χ1n) is 2.84. The molecule has 0 saturated carbocycles. The van der Waals surface area contributed by atoms with Crippen LogP contribution in [-0.4, -0.2) is 15.0 Å². The second-order valence-corrected chi connectivity index (χ2v) is 1.59. The number of hydrogen-bond donors (Lipinski definition) is 0. The van der Waals surface area contributed by atoms with Gasteiger partial charge in [-0.1, -0.05) is 18.7 Å². The van der Waals surface area contributed by atoms with Crippen LogP contribution < -0.4 is 0 Å². The van der Waals surface area contributed by atoms with E-state index in [1.165, 1.54) is 12.7 Å². The van der Waals surface area contributed by atoms with Crippen LogP contribution in [0.15, 0.2) is 31.4 Å². The van der Waals surface area contributed by atoms with Gasteiger partial charge in [0.15, 0.2) is 5.82 Å². The first-order valence-corrected chi connectivity index (χ1v) is 2.84. The summed E-state index contributed by atoms with van der Waals surface area (Å²) >= 11 is 0. The minimum Gasteiger partial charge on any atom is -0.225 e. The molecular weight excluding hydrogens is 126 g/mol. The quantitative estimate of drug-likeness (QED) is 0.566. The van der Waals surface area contributed by atoms with Gasteiger partial charge < -0.3 is 0 Å². The molecule has 1 rings (SSSR count). The van der Waals surface area contributed by atoms with Gasteiger partial charge in [-0.05, 0) is 6.08 Å². The van der Waals surface area contributed by atoms with Crippen molar-refractivity contribution in [3.63, 3.8) is 0 Å². The lowest BCUT2D eigenvalue weighted by atomic mass is 10.5. The maximum Gasteiger partial charge on any atom is 0.155 e. The zero-order chi connectivity index (χ0) is 7.23. The van der Waals surface area contributed by atoms with E-state index >= 15 is 0 Å². The fourth-order valence-electron chi connectivity index (χ4n) is 0.488. The Kier molecular flexibility index (Phi) is 2.31. The predicted molar refractivity (Wildman–Crippen MR) is 39.1 cm³/mol. The molecule has 0 bridgehead atoms. The Morgan fingerprint density at radius 1 is 1.30 bits per heavy atom. The standard InChI is InChI=1S/C7H7N3/c1-2-3-4-7-9-5-8-6-10-7/h2-6H,1H2/b4-3+. The molecule has 0 amide bonds. The topological polar surface area (TPSA) is 38.7 Å². The minimum atomic E-state index is 0.648. The average molecular weight is 133 g/mol. The highest BCUT2D eigenvalue weighted by Gasteiger charge is 1.82. The zero-order valence-corrected chi connectivity index (χ0v) is 5.44. The lowest BCUT2D eigenvalue weighted by molar-refractivity contribution is 1.03. The van der Waals surface area contributed by atoms with Crippen LogP contribution in [0.4, 0.5) is 0 Å². The highest BCUT2D eigenvalue weighted by molar-refractivity contribution is 5.41. The van der Waals surface area contributed by atoms with Crippen molar-refractivity contribution in [3.05, 3.63) is 37.2 Å². The molecule has 0 aliphatic heterocycles. The summed E-state index contributed by atoms with van der Waals surface area (Å²) in [5, 5.41) is 0. The van der Waals surface area contributed by atoms with Gasteiger partial charge >= 0.3 is 0 Å². The van der Waals surface area contributed by atoms with Gasteiger partial charge in [0, 0.05) is 0 Å². The minimum absolute atomic E-state index is 0.648. The molecule has 0 radical (unpaired) electrons. The molecule has 1 heterocycles. The molecule has 0 aliphatic carbocycles. The first-order chi connectivity index (χ1) is 4.93. The van der Waals surface area contributed by atoms with Crippen LogP contribution >= 0.6 is 0 Å². The van der Waals surface area contributed by atoms with Crippen molar-refractivity contribution in [1.82, 2.24) is 15.0 Å². The van der Waals surface area contributed by atoms with Crippen molar-refractivity contribution in [2.45, 2.75) is 0 Å². The molecule has 0 aliphatic rings. The van der Waals surface area contributed by atoms with E-state index in [9.17, 15) is 0 Å². The maximum atomic E-state index is 3.86. The van der Waals surface area contributed by atoms with E-state index in [0.29, 0.717) is 5.82 Å². The summed E-state index contributed by atoms with van der Waals surface area (Å²) in [4.78, 5) is 11.4. The van der Waals surface area contributed by atoms with Crippen molar-refractivity contribution in [3.8, 4) is 0 Å². The first kappa shape index (κ1) is 6.61. The van der Waals surface area contributed by atoms with Gasteiger partial charge in [0.25, 0.3) is 0 Å². The fourth-order valence-corrected chi connectivity index (χ4v) is 0.488. The van der Waals surface area contributed by atoms with E-state index in [0.717, 1.165) is 0 Å². The molecule has 0 N–H and O–H groups in total. The van der Waals surface area contributed by atoms with Gasteiger partial charge in [0.05, 0.1) is 0 Å². The molecule has 3 heteroatoms. The van der Waals surface area contributed by atoms with Gasteiger partial charge in [0.2, 0.25) is 0 Å². The fraction of sp³-hybridized carbons (Fsp3) is 0. The van der Waals surface area contributed by atoms with Crippen LogP contribution in [0, 0.1) is 0 Å². The largest absolute Gasteiger partial charge is 0.225 e. The van der Waals surface area contributed by atoms with Gasteiger partial charge in [-0.25, -0.2) is 15.0 Å². The van der Waals surface area contributed by atoms with Gasteiger partial charge in [-0.3, -0.25) is 0 Å². The second-order valence-electron chi connectivity index (χ2n) is 1.59. The van der Waals surface area contributed by atoms with Crippen molar-refractivity contribution in [1.29, 1.82) is 0 Å². The zero-order valence-electron chi connectivity index (χ0n) is 5.44. The van der Waals surface area contributed by atoms with Crippen LogP contribution in [0.25, 0.3) is 6.08 Å². The molecule has 0 unspecified atom stereocenters. The summed E-state index contributed by atoms with van der Waals surface area (Å²) in [6.07, 6.45) is 8.11. The summed E-state index contributed by atoms with van der Waals surface area (Å²) in [7, 11) is 0. The van der Waals surface area contributed by atoms with Crippen molar-refractivity contribution in [2.75, 3.05) is 0 Å². The van der Waals surface area contributed by atoms with E-state index < -0.39 is 0 Å². The average Bonchev–Trinajstić information content (AvgIpc) is 2.03. The van der Waals surface area contributed by atoms with E-state index in [-0.39, 0.29) is 0 Å². The molecule has 10 heavy (non-hydrogen) atoms. The number of allylic oxidation sites excluding steroid dienone is 2. The molecule has 3 nitrogen and oxygen atoms in total. The summed E-state index contributed by atoms with van der Waals surface area (Å²) in [5.41, 5.74) is 0. The molecule has 1 aromatic heterocycles. The lowest BCUT2D eigenvalue weighted by Crippen LogP contribution is -1.85. The van der Waals surface area contributed by atoms with Crippen LogP contribution in [0.1, 0.15) is 5.82 Å². The van der Waals surface area contributed by atoms with Crippen molar-refractivity contribution >= 4 is 6.08 Å². The maximum absolute atomic E-state index is 3.86. The highest BCUT2D eigenvalue weighted by Crippen LogP contribution is 1.88. The predicted octanol–water partition coefficient (Wildman–Crippen LogP) is 1.07. The second kappa shape index (κ2) is 3.50. The van der Waals surface area contributed by atoms with Gasteiger partial charge in [-0.15, -0.1) is 0 Å². The number of hydrogen-bond acceptors (Lipinski definition) is 3. The SMILES string of the molecule is C=C/C=C/c1ncncn1. The smallest absolute Gasteiger partial charge is 0.155 e. The normalized spacial score (nSPS) is 10.0. The Balaban J connectivity index is 2.76. The molecule has 0 fully saturated rings. The van der Waals surface area contributed by atoms with Crippen LogP contribution in [-0.2, 0) is 0 Å². The number of aromatic nitrogens is 3. The molecular formula is C7H7N3. The van der Waals surface area contributed by atoms with Gasteiger partial charge in [0.1, 0.15) is 12.7 Å². The monoisotopic (exact) mass is 133 g/mol. The van der Waals surface area contributed by atoms with E-state index in [2.05, 4.69) is 21.5 Å². The molecule has 1 aromatic rings. The third-order valence-electron chi connectivity index (χ3n) is 0.895. The van der Waals surface area contributed by atoms with E-state index in [4.69, 9.17) is 0 Å². The number of rotatable bonds is 2. The summed E-state index contributed by atoms with van der Waals surface area (Å²) in [6, 6.07) is 0. The Morgan fingerprint density at radius 2 is 2.00 bits per heavy atom. The molecule has 0 aromatic carbocycles. The van der Waals surface area contributed by atoms with E-state index in [1.807, 2.05) is 0 Å². The lowest BCUT2D eigenvalue weighted by Gasteiger charge is -1.84. The Morgan fingerprint density at radius 3 is 2.60 bits per heavy atom.